The molecule has 1 aliphatic heterocycles. The number of nitrogens with zero attached hydrogens (tertiary/aromatic N) is 1. The number of nitrogens with two attached hydrogens (primary N) is 1. The van der Waals surface area contributed by atoms with E-state index in [9.17, 15) is 0 Å². The van der Waals surface area contributed by atoms with E-state index >= 15 is 0 Å². The lowest BCUT2D eigenvalue weighted by atomic mass is 9.67. The van der Waals surface area contributed by atoms with Crippen LogP contribution in [0.4, 0.5) is 0 Å². The predicted octanol–water partition coefficient (Wildman–Crippen LogP) is 3.26. The van der Waals surface area contributed by atoms with Gasteiger partial charge in [-0.3, -0.25) is 4.90 Å². The summed E-state index contributed by atoms with van der Waals surface area (Å²) in [4.78, 5) is 2.78. The van der Waals surface area contributed by atoms with E-state index in [1.807, 2.05) is 0 Å². The molecule has 0 aromatic rings. The molecule has 2 N–H and O–H groups in total. The number of hydrogen-bond donors (Lipinski definition) is 1. The fraction of sp³-hybridized carbons (Fsp3) is 1.00. The van der Waals surface area contributed by atoms with Crippen LogP contribution in [0.3, 0.4) is 0 Å². The van der Waals surface area contributed by atoms with Crippen LogP contribution >= 0.6 is 0 Å². The Morgan fingerprint density at radius 2 is 2.06 bits per heavy atom. The third-order valence-corrected chi connectivity index (χ3v) is 5.72. The first-order valence-electron chi connectivity index (χ1n) is 8.09. The third kappa shape index (κ3) is 2.46. The van der Waals surface area contributed by atoms with Crippen molar-refractivity contribution in [3.8, 4) is 0 Å². The second-order valence-corrected chi connectivity index (χ2v) is 6.91. The Bertz CT molecular complexity index is 264. The van der Waals surface area contributed by atoms with Gasteiger partial charge in [-0.2, -0.15) is 0 Å². The molecule has 0 amide bonds. The van der Waals surface area contributed by atoms with Gasteiger partial charge in [0.2, 0.25) is 0 Å². The highest BCUT2D eigenvalue weighted by Gasteiger charge is 2.47. The molecule has 0 aromatic carbocycles. The molecule has 2 aliphatic rings. The summed E-state index contributed by atoms with van der Waals surface area (Å²) < 4.78 is 0. The van der Waals surface area contributed by atoms with Gasteiger partial charge in [0, 0.05) is 18.6 Å². The smallest absolute Gasteiger partial charge is 0.0362 e. The first-order valence-corrected chi connectivity index (χ1v) is 8.09. The summed E-state index contributed by atoms with van der Waals surface area (Å²) in [6, 6.07) is 0. The van der Waals surface area contributed by atoms with Crippen LogP contribution in [0.2, 0.25) is 0 Å². The summed E-state index contributed by atoms with van der Waals surface area (Å²) in [7, 11) is 0. The highest BCUT2D eigenvalue weighted by atomic mass is 15.2. The van der Waals surface area contributed by atoms with Gasteiger partial charge >= 0.3 is 0 Å². The quantitative estimate of drug-likeness (QED) is 0.832. The molecule has 2 nitrogen and oxygen atoms in total. The molecule has 0 radical (unpaired) electrons. The molecular weight excluding hydrogens is 220 g/mol. The van der Waals surface area contributed by atoms with Crippen molar-refractivity contribution in [1.82, 2.24) is 4.90 Å². The van der Waals surface area contributed by atoms with Gasteiger partial charge in [-0.25, -0.2) is 0 Å². The molecule has 106 valence electrons. The average Bonchev–Trinajstić information content (AvgIpc) is 2.87. The molecule has 0 bridgehead atoms. The molecule has 0 aromatic heterocycles. The Hall–Kier alpha value is -0.0800. The van der Waals surface area contributed by atoms with Crippen LogP contribution in [0, 0.1) is 17.8 Å². The van der Waals surface area contributed by atoms with E-state index in [2.05, 4.69) is 25.7 Å². The van der Waals surface area contributed by atoms with E-state index in [-0.39, 0.29) is 0 Å². The van der Waals surface area contributed by atoms with E-state index in [0.717, 1.165) is 24.3 Å². The molecule has 3 unspecified atom stereocenters. The van der Waals surface area contributed by atoms with Gasteiger partial charge in [0.05, 0.1) is 0 Å². The molecule has 2 fully saturated rings. The molecule has 0 spiro atoms. The monoisotopic (exact) mass is 252 g/mol. The van der Waals surface area contributed by atoms with Crippen molar-refractivity contribution in [2.75, 3.05) is 19.6 Å². The minimum absolute atomic E-state index is 0.330. The van der Waals surface area contributed by atoms with Crippen molar-refractivity contribution in [2.24, 2.45) is 23.5 Å². The first kappa shape index (κ1) is 14.3. The van der Waals surface area contributed by atoms with Gasteiger partial charge in [-0.15, -0.1) is 0 Å². The maximum Gasteiger partial charge on any atom is 0.0362 e. The SMILES string of the molecule is CCC1CCN(C2(CN)CCCCC2C(C)C)C1. The Labute approximate surface area is 113 Å². The summed E-state index contributed by atoms with van der Waals surface area (Å²) in [5, 5.41) is 0. The van der Waals surface area contributed by atoms with E-state index in [0.29, 0.717) is 5.54 Å². The van der Waals surface area contributed by atoms with Gasteiger partial charge in [0.15, 0.2) is 0 Å². The summed E-state index contributed by atoms with van der Waals surface area (Å²) in [6.45, 7) is 10.6. The van der Waals surface area contributed by atoms with Crippen molar-refractivity contribution in [2.45, 2.75) is 64.8 Å². The normalized spacial score (nSPS) is 38.5. The second-order valence-electron chi connectivity index (χ2n) is 6.91. The van der Waals surface area contributed by atoms with Crippen molar-refractivity contribution < 1.29 is 0 Å². The fourth-order valence-electron chi connectivity index (χ4n) is 4.55. The Morgan fingerprint density at radius 1 is 1.28 bits per heavy atom. The van der Waals surface area contributed by atoms with Gasteiger partial charge in [0.1, 0.15) is 0 Å². The van der Waals surface area contributed by atoms with Gasteiger partial charge in [-0.1, -0.05) is 40.0 Å². The van der Waals surface area contributed by atoms with Crippen molar-refractivity contribution in [3.05, 3.63) is 0 Å². The van der Waals surface area contributed by atoms with E-state index in [1.165, 1.54) is 51.6 Å². The van der Waals surface area contributed by atoms with Crippen LogP contribution in [-0.2, 0) is 0 Å². The maximum atomic E-state index is 6.29. The fourth-order valence-corrected chi connectivity index (χ4v) is 4.55. The molecule has 1 aliphatic carbocycles. The predicted molar refractivity (Wildman–Crippen MR) is 78.6 cm³/mol. The van der Waals surface area contributed by atoms with Gasteiger partial charge in [-0.05, 0) is 43.6 Å². The second kappa shape index (κ2) is 5.92. The van der Waals surface area contributed by atoms with E-state index in [4.69, 9.17) is 5.73 Å². The van der Waals surface area contributed by atoms with Crippen LogP contribution in [0.15, 0.2) is 0 Å². The molecule has 1 heterocycles. The lowest BCUT2D eigenvalue weighted by Crippen LogP contribution is -2.60. The van der Waals surface area contributed by atoms with Crippen LogP contribution in [0.25, 0.3) is 0 Å². The number of likely N-dealkylation sites (tertiary alicyclic amines) is 1. The summed E-state index contributed by atoms with van der Waals surface area (Å²) in [5.41, 5.74) is 6.62. The minimum Gasteiger partial charge on any atom is -0.329 e. The van der Waals surface area contributed by atoms with Crippen LogP contribution < -0.4 is 5.73 Å². The summed E-state index contributed by atoms with van der Waals surface area (Å²) in [6.07, 6.45) is 8.25. The molecule has 2 rings (SSSR count). The standard InChI is InChI=1S/C16H32N2/c1-4-14-8-10-18(11-14)16(12-17)9-6-5-7-15(16)13(2)3/h13-15H,4-12,17H2,1-3H3. The average molecular weight is 252 g/mol. The highest BCUT2D eigenvalue weighted by Crippen LogP contribution is 2.44. The zero-order valence-electron chi connectivity index (χ0n) is 12.6. The maximum absolute atomic E-state index is 6.29. The Kier molecular flexibility index (Phi) is 4.71. The molecule has 3 atom stereocenters. The summed E-state index contributed by atoms with van der Waals surface area (Å²) in [5.74, 6) is 2.50. The van der Waals surface area contributed by atoms with E-state index < -0.39 is 0 Å². The van der Waals surface area contributed by atoms with Crippen LogP contribution in [-0.4, -0.2) is 30.1 Å². The molecule has 1 saturated heterocycles. The highest BCUT2D eigenvalue weighted by molar-refractivity contribution is 5.02. The van der Waals surface area contributed by atoms with Crippen molar-refractivity contribution in [3.63, 3.8) is 0 Å². The lowest BCUT2D eigenvalue weighted by molar-refractivity contribution is -0.000856. The minimum atomic E-state index is 0.330. The molecule has 18 heavy (non-hydrogen) atoms. The Morgan fingerprint density at radius 3 is 2.61 bits per heavy atom. The topological polar surface area (TPSA) is 29.3 Å². The van der Waals surface area contributed by atoms with E-state index in [1.54, 1.807) is 0 Å². The number of hydrogen-bond acceptors (Lipinski definition) is 2. The first-order chi connectivity index (χ1) is 8.64. The summed E-state index contributed by atoms with van der Waals surface area (Å²) >= 11 is 0. The van der Waals surface area contributed by atoms with Crippen molar-refractivity contribution >= 4 is 0 Å². The van der Waals surface area contributed by atoms with Crippen molar-refractivity contribution in [1.29, 1.82) is 0 Å². The van der Waals surface area contributed by atoms with Gasteiger partial charge < -0.3 is 5.73 Å². The Balaban J connectivity index is 2.16. The van der Waals surface area contributed by atoms with Gasteiger partial charge in [0.25, 0.3) is 0 Å². The lowest BCUT2D eigenvalue weighted by Gasteiger charge is -2.51. The number of rotatable bonds is 4. The van der Waals surface area contributed by atoms with Crippen LogP contribution in [0.1, 0.15) is 59.3 Å². The third-order valence-electron chi connectivity index (χ3n) is 5.72. The zero-order valence-corrected chi connectivity index (χ0v) is 12.6. The zero-order chi connectivity index (χ0) is 13.2. The molecule has 1 saturated carbocycles. The molecular formula is C16H32N2. The largest absolute Gasteiger partial charge is 0.329 e. The van der Waals surface area contributed by atoms with Crippen LogP contribution in [0.5, 0.6) is 0 Å². The molecule has 2 heteroatoms.